The third kappa shape index (κ3) is 3.80. The molecule has 1 atom stereocenters. The highest BCUT2D eigenvalue weighted by molar-refractivity contribution is 6.00. The van der Waals surface area contributed by atoms with Gasteiger partial charge in [-0.1, -0.05) is 12.7 Å². The van der Waals surface area contributed by atoms with Crippen molar-refractivity contribution < 1.29 is 23.9 Å². The summed E-state index contributed by atoms with van der Waals surface area (Å²) in [7, 11) is 1.11. The summed E-state index contributed by atoms with van der Waals surface area (Å²) in [4.78, 5) is 32.8. The maximum atomic E-state index is 11.1. The molecule has 0 saturated carbocycles. The number of nitrogens with one attached hydrogen (secondary N) is 1. The topological polar surface area (TPSA) is 81.7 Å². The normalized spacial score (nSPS) is 13.2. The van der Waals surface area contributed by atoms with E-state index in [-0.39, 0.29) is 12.9 Å². The number of esters is 1. The molecule has 0 aliphatic carbocycles. The zero-order valence-corrected chi connectivity index (χ0v) is 8.61. The van der Waals surface area contributed by atoms with Crippen LogP contribution in [0.15, 0.2) is 12.7 Å². The van der Waals surface area contributed by atoms with Crippen LogP contribution in [0.5, 0.6) is 0 Å². The molecule has 6 heteroatoms. The van der Waals surface area contributed by atoms with Crippen molar-refractivity contribution in [1.82, 2.24) is 5.32 Å². The molecule has 15 heavy (non-hydrogen) atoms. The van der Waals surface area contributed by atoms with Gasteiger partial charge in [0, 0.05) is 0 Å². The highest BCUT2D eigenvalue weighted by Gasteiger charge is 2.36. The molecule has 0 bridgehead atoms. The molecule has 1 N–H and O–H groups in total. The van der Waals surface area contributed by atoms with Crippen LogP contribution in [0.4, 0.5) is 4.79 Å². The number of rotatable bonds is 5. The van der Waals surface area contributed by atoms with Gasteiger partial charge in [0.1, 0.15) is 6.61 Å². The quantitative estimate of drug-likeness (QED) is 0.303. The molecule has 0 spiro atoms. The SMILES string of the molecule is C=CCOC(=O)NC(C)(C=O)C(=O)OC. The molecular weight excluding hydrogens is 202 g/mol. The van der Waals surface area contributed by atoms with E-state index in [2.05, 4.69) is 21.4 Å². The lowest BCUT2D eigenvalue weighted by molar-refractivity contribution is -0.149. The molecule has 0 rings (SSSR count). The van der Waals surface area contributed by atoms with Crippen LogP contribution in [0, 0.1) is 0 Å². The first-order valence-electron chi connectivity index (χ1n) is 4.10. The number of carbonyl (C=O) groups excluding carboxylic acids is 3. The number of amides is 1. The van der Waals surface area contributed by atoms with E-state index >= 15 is 0 Å². The average Bonchev–Trinajstić information content (AvgIpc) is 2.24. The van der Waals surface area contributed by atoms with Crippen molar-refractivity contribution in [1.29, 1.82) is 0 Å². The van der Waals surface area contributed by atoms with Gasteiger partial charge in [0.25, 0.3) is 0 Å². The number of aldehydes is 1. The first-order valence-corrected chi connectivity index (χ1v) is 4.10. The van der Waals surface area contributed by atoms with Crippen molar-refractivity contribution in [2.24, 2.45) is 0 Å². The van der Waals surface area contributed by atoms with E-state index in [1.165, 1.54) is 13.0 Å². The molecule has 0 aliphatic rings. The van der Waals surface area contributed by atoms with Crippen molar-refractivity contribution in [2.75, 3.05) is 13.7 Å². The molecule has 1 unspecified atom stereocenters. The fraction of sp³-hybridized carbons (Fsp3) is 0.444. The number of hydrogen-bond donors (Lipinski definition) is 1. The standard InChI is InChI=1S/C9H13NO5/c1-4-5-15-8(13)10-9(2,6-11)7(12)14-3/h4,6H,1,5H2,2-3H3,(H,10,13). The summed E-state index contributed by atoms with van der Waals surface area (Å²) in [5.41, 5.74) is -1.73. The van der Waals surface area contributed by atoms with E-state index in [1.54, 1.807) is 0 Å². The van der Waals surface area contributed by atoms with Gasteiger partial charge in [-0.2, -0.15) is 0 Å². The molecule has 1 amide bonds. The molecular formula is C9H13NO5. The van der Waals surface area contributed by atoms with E-state index in [0.717, 1.165) is 7.11 Å². The summed E-state index contributed by atoms with van der Waals surface area (Å²) in [5.74, 6) is -0.868. The molecule has 6 nitrogen and oxygen atoms in total. The minimum absolute atomic E-state index is 0.0120. The van der Waals surface area contributed by atoms with E-state index in [9.17, 15) is 14.4 Å². The fourth-order valence-corrected chi connectivity index (χ4v) is 0.723. The van der Waals surface area contributed by atoms with Gasteiger partial charge >= 0.3 is 12.1 Å². The second-order valence-electron chi connectivity index (χ2n) is 2.82. The van der Waals surface area contributed by atoms with Crippen LogP contribution in [0.3, 0.4) is 0 Å². The van der Waals surface area contributed by atoms with Gasteiger partial charge in [-0.05, 0) is 6.92 Å². The largest absolute Gasteiger partial charge is 0.467 e. The third-order valence-electron chi connectivity index (χ3n) is 1.54. The zero-order valence-electron chi connectivity index (χ0n) is 8.61. The monoisotopic (exact) mass is 215 g/mol. The lowest BCUT2D eigenvalue weighted by Crippen LogP contribution is -2.54. The predicted octanol–water partition coefficient (Wildman–Crippen LogP) is 0.0292. The smallest absolute Gasteiger partial charge is 0.408 e. The van der Waals surface area contributed by atoms with Crippen molar-refractivity contribution in [2.45, 2.75) is 12.5 Å². The number of carbonyl (C=O) groups is 3. The van der Waals surface area contributed by atoms with Crippen molar-refractivity contribution in [3.05, 3.63) is 12.7 Å². The minimum Gasteiger partial charge on any atom is -0.467 e. The van der Waals surface area contributed by atoms with Gasteiger partial charge in [0.2, 0.25) is 0 Å². The number of ether oxygens (including phenoxy) is 2. The van der Waals surface area contributed by atoms with Crippen LogP contribution < -0.4 is 5.32 Å². The van der Waals surface area contributed by atoms with E-state index in [1.807, 2.05) is 0 Å². The first-order chi connectivity index (χ1) is 7.00. The zero-order chi connectivity index (χ0) is 11.9. The first kappa shape index (κ1) is 13.2. The van der Waals surface area contributed by atoms with Gasteiger partial charge in [-0.3, -0.25) is 5.32 Å². The summed E-state index contributed by atoms with van der Waals surface area (Å²) in [6.45, 7) is 4.53. The molecule has 0 aliphatic heterocycles. The van der Waals surface area contributed by atoms with Crippen molar-refractivity contribution in [3.8, 4) is 0 Å². The van der Waals surface area contributed by atoms with Gasteiger partial charge in [-0.15, -0.1) is 0 Å². The van der Waals surface area contributed by atoms with Gasteiger partial charge in [0.05, 0.1) is 7.11 Å². The Bertz CT molecular complexity index is 276. The number of methoxy groups -OCH3 is 1. The molecule has 0 saturated heterocycles. The molecule has 84 valence electrons. The Hall–Kier alpha value is -1.85. The molecule has 0 heterocycles. The summed E-state index contributed by atoms with van der Waals surface area (Å²) in [6, 6.07) is 0. The second kappa shape index (κ2) is 5.79. The minimum atomic E-state index is -1.73. The van der Waals surface area contributed by atoms with E-state index < -0.39 is 17.6 Å². The summed E-state index contributed by atoms with van der Waals surface area (Å²) in [5, 5.41) is 2.08. The Balaban J connectivity index is 4.43. The molecule has 0 aromatic rings. The predicted molar refractivity (Wildman–Crippen MR) is 51.2 cm³/mol. The summed E-state index contributed by atoms with van der Waals surface area (Å²) in [6.07, 6.45) is 0.735. The maximum Gasteiger partial charge on any atom is 0.408 e. The Kier molecular flexibility index (Phi) is 5.08. The van der Waals surface area contributed by atoms with Crippen LogP contribution in [-0.2, 0) is 19.1 Å². The Labute approximate surface area is 87.2 Å². The third-order valence-corrected chi connectivity index (χ3v) is 1.54. The highest BCUT2D eigenvalue weighted by atomic mass is 16.6. The lowest BCUT2D eigenvalue weighted by atomic mass is 10.1. The van der Waals surface area contributed by atoms with Crippen LogP contribution >= 0.6 is 0 Å². The van der Waals surface area contributed by atoms with E-state index in [4.69, 9.17) is 0 Å². The Morgan fingerprint density at radius 3 is 2.53 bits per heavy atom. The average molecular weight is 215 g/mol. The molecule has 0 aromatic carbocycles. The van der Waals surface area contributed by atoms with E-state index in [0.29, 0.717) is 0 Å². The van der Waals surface area contributed by atoms with Gasteiger partial charge in [-0.25, -0.2) is 9.59 Å². The Morgan fingerprint density at radius 2 is 2.13 bits per heavy atom. The van der Waals surface area contributed by atoms with Crippen molar-refractivity contribution >= 4 is 18.3 Å². The van der Waals surface area contributed by atoms with Crippen LogP contribution in [0.2, 0.25) is 0 Å². The molecule has 0 radical (unpaired) electrons. The summed E-state index contributed by atoms with van der Waals surface area (Å²) < 4.78 is 8.90. The fourth-order valence-electron chi connectivity index (χ4n) is 0.723. The second-order valence-corrected chi connectivity index (χ2v) is 2.82. The van der Waals surface area contributed by atoms with Crippen LogP contribution in [-0.4, -0.2) is 37.6 Å². The highest BCUT2D eigenvalue weighted by Crippen LogP contribution is 2.02. The maximum absolute atomic E-state index is 11.1. The van der Waals surface area contributed by atoms with Gasteiger partial charge < -0.3 is 14.3 Å². The lowest BCUT2D eigenvalue weighted by Gasteiger charge is -2.20. The Morgan fingerprint density at radius 1 is 1.53 bits per heavy atom. The summed E-state index contributed by atoms with van der Waals surface area (Å²) >= 11 is 0. The molecule has 0 fully saturated rings. The van der Waals surface area contributed by atoms with Gasteiger partial charge in [0.15, 0.2) is 11.8 Å². The van der Waals surface area contributed by atoms with Crippen LogP contribution in [0.1, 0.15) is 6.92 Å². The number of alkyl carbamates (subject to hydrolysis) is 1. The number of hydrogen-bond acceptors (Lipinski definition) is 5. The van der Waals surface area contributed by atoms with Crippen LogP contribution in [0.25, 0.3) is 0 Å². The molecule has 0 aromatic heterocycles. The van der Waals surface area contributed by atoms with Crippen molar-refractivity contribution in [3.63, 3.8) is 0 Å².